The minimum Gasteiger partial charge on any atom is -0.381 e. The summed E-state index contributed by atoms with van der Waals surface area (Å²) in [5.41, 5.74) is 2.63. The van der Waals surface area contributed by atoms with Crippen molar-refractivity contribution in [3.8, 4) is 11.1 Å². The van der Waals surface area contributed by atoms with E-state index in [2.05, 4.69) is 36.7 Å². The highest BCUT2D eigenvalue weighted by atomic mass is 32.2. The molecule has 1 saturated heterocycles. The summed E-state index contributed by atoms with van der Waals surface area (Å²) < 4.78 is 9.11. The third kappa shape index (κ3) is 4.57. The Kier molecular flexibility index (Phi) is 5.59. The van der Waals surface area contributed by atoms with Gasteiger partial charge in [-0.3, -0.25) is 14.8 Å². The second-order valence-electron chi connectivity index (χ2n) is 7.08. The van der Waals surface area contributed by atoms with Crippen LogP contribution in [-0.2, 0) is 9.53 Å². The quantitative estimate of drug-likeness (QED) is 0.362. The summed E-state index contributed by atoms with van der Waals surface area (Å²) >= 11 is 1.25. The Morgan fingerprint density at radius 2 is 2.00 bits per heavy atom. The molecule has 0 aliphatic carbocycles. The number of nitrogens with one attached hydrogen (secondary N) is 1. The van der Waals surface area contributed by atoms with Gasteiger partial charge in [-0.15, -0.1) is 5.10 Å². The molecule has 1 amide bonds. The Morgan fingerprint density at radius 3 is 2.84 bits per heavy atom. The van der Waals surface area contributed by atoms with Gasteiger partial charge in [0.15, 0.2) is 10.8 Å². The number of carbonyl (C=O) groups is 1. The van der Waals surface area contributed by atoms with Gasteiger partial charge in [0.1, 0.15) is 0 Å². The number of nitrogens with zero attached hydrogens (tertiary/aromatic N) is 7. The molecular weight excluding hydrogens is 416 g/mol. The third-order valence-electron chi connectivity index (χ3n) is 4.96. The first-order chi connectivity index (χ1) is 15.2. The summed E-state index contributed by atoms with van der Waals surface area (Å²) in [7, 11) is 0. The smallest absolute Gasteiger partial charge is 0.249 e. The van der Waals surface area contributed by atoms with E-state index >= 15 is 0 Å². The van der Waals surface area contributed by atoms with Crippen LogP contribution >= 0.6 is 11.8 Å². The first-order valence-corrected chi connectivity index (χ1v) is 10.9. The van der Waals surface area contributed by atoms with Crippen molar-refractivity contribution in [3.05, 3.63) is 49.2 Å². The predicted octanol–water partition coefficient (Wildman–Crippen LogP) is 2.47. The molecule has 4 aromatic heterocycles. The Morgan fingerprint density at radius 1 is 1.16 bits per heavy atom. The number of carbonyl (C=O) groups excluding carboxylic acids is 1. The summed E-state index contributed by atoms with van der Waals surface area (Å²) in [5.74, 6) is 0.219. The maximum absolute atomic E-state index is 12.2. The van der Waals surface area contributed by atoms with Crippen molar-refractivity contribution in [2.75, 3.05) is 24.3 Å². The number of pyridine rings is 1. The second-order valence-corrected chi connectivity index (χ2v) is 8.02. The van der Waals surface area contributed by atoms with E-state index in [-0.39, 0.29) is 17.6 Å². The molecule has 1 aliphatic heterocycles. The van der Waals surface area contributed by atoms with Crippen LogP contribution in [0.4, 0.5) is 5.95 Å². The van der Waals surface area contributed by atoms with Crippen molar-refractivity contribution in [3.63, 3.8) is 0 Å². The van der Waals surface area contributed by atoms with Crippen molar-refractivity contribution in [2.45, 2.75) is 24.0 Å². The predicted molar refractivity (Wildman–Crippen MR) is 115 cm³/mol. The van der Waals surface area contributed by atoms with E-state index in [0.29, 0.717) is 16.8 Å². The molecule has 0 unspecified atom stereocenters. The molecular formula is C20H20N8O2S. The van der Waals surface area contributed by atoms with Gasteiger partial charge in [0.05, 0.1) is 18.0 Å². The van der Waals surface area contributed by atoms with Crippen molar-refractivity contribution in [1.82, 2.24) is 34.3 Å². The van der Waals surface area contributed by atoms with Crippen LogP contribution in [-0.4, -0.2) is 59.2 Å². The van der Waals surface area contributed by atoms with Crippen LogP contribution in [0.3, 0.4) is 0 Å². The van der Waals surface area contributed by atoms with Crippen LogP contribution in [0.15, 0.2) is 54.3 Å². The van der Waals surface area contributed by atoms with E-state index in [0.717, 1.165) is 37.2 Å². The van der Waals surface area contributed by atoms with Crippen molar-refractivity contribution >= 4 is 29.3 Å². The van der Waals surface area contributed by atoms with E-state index in [1.54, 1.807) is 23.0 Å². The van der Waals surface area contributed by atoms with Crippen LogP contribution in [0.1, 0.15) is 18.9 Å². The van der Waals surface area contributed by atoms with Crippen LogP contribution in [0.2, 0.25) is 0 Å². The maximum atomic E-state index is 12.2. The molecule has 5 heterocycles. The largest absolute Gasteiger partial charge is 0.381 e. The van der Waals surface area contributed by atoms with Crippen LogP contribution in [0, 0.1) is 0 Å². The fourth-order valence-electron chi connectivity index (χ4n) is 3.39. The molecule has 11 heteroatoms. The second kappa shape index (κ2) is 8.82. The number of anilines is 1. The minimum atomic E-state index is -0.216. The molecule has 5 rings (SSSR count). The van der Waals surface area contributed by atoms with Gasteiger partial charge >= 0.3 is 0 Å². The summed E-state index contributed by atoms with van der Waals surface area (Å²) in [6, 6.07) is 5.95. The first-order valence-electron chi connectivity index (χ1n) is 9.93. The number of fused-ring (bicyclic) bond motifs is 1. The van der Waals surface area contributed by atoms with Gasteiger partial charge in [0, 0.05) is 49.1 Å². The minimum absolute atomic E-state index is 0.177. The molecule has 1 aliphatic rings. The lowest BCUT2D eigenvalue weighted by Gasteiger charge is -2.22. The van der Waals surface area contributed by atoms with Gasteiger partial charge < -0.3 is 4.74 Å². The van der Waals surface area contributed by atoms with Gasteiger partial charge in [-0.25, -0.2) is 14.5 Å². The number of rotatable bonds is 6. The highest BCUT2D eigenvalue weighted by Crippen LogP contribution is 2.25. The Labute approximate surface area is 182 Å². The van der Waals surface area contributed by atoms with E-state index in [9.17, 15) is 4.79 Å². The molecule has 0 aromatic carbocycles. The standard InChI is InChI=1S/C20H20N8O2S/c29-18(13-31-20-21-6-1-7-22-20)25-19-24-17-3-2-14(11-28(17)26-19)15-10-23-27(12-15)16-4-8-30-9-5-16/h1-3,6-7,10-12,16H,4-5,8-9,13H2,(H,25,26,29). The van der Waals surface area contributed by atoms with E-state index in [1.807, 2.05) is 29.2 Å². The van der Waals surface area contributed by atoms with Crippen molar-refractivity contribution in [2.24, 2.45) is 0 Å². The lowest BCUT2D eigenvalue weighted by atomic mass is 10.1. The van der Waals surface area contributed by atoms with Gasteiger partial charge in [-0.05, 0) is 31.0 Å². The first kappa shape index (κ1) is 19.6. The van der Waals surface area contributed by atoms with Crippen LogP contribution < -0.4 is 5.32 Å². The SMILES string of the molecule is O=C(CSc1ncccn1)Nc1nc2ccc(-c3cnn(C4CCOCC4)c3)cn2n1. The number of hydrogen-bond donors (Lipinski definition) is 1. The lowest BCUT2D eigenvalue weighted by Crippen LogP contribution is -2.19. The highest BCUT2D eigenvalue weighted by Gasteiger charge is 2.17. The monoisotopic (exact) mass is 436 g/mol. The zero-order valence-corrected chi connectivity index (χ0v) is 17.4. The Bertz CT molecular complexity index is 1190. The summed E-state index contributed by atoms with van der Waals surface area (Å²) in [4.78, 5) is 24.7. The number of aromatic nitrogens is 7. The molecule has 0 radical (unpaired) electrons. The molecule has 1 fully saturated rings. The average Bonchev–Trinajstić information content (AvgIpc) is 3.45. The summed E-state index contributed by atoms with van der Waals surface area (Å²) in [5, 5.41) is 12.2. The normalized spacial score (nSPS) is 14.7. The van der Waals surface area contributed by atoms with Crippen molar-refractivity contribution in [1.29, 1.82) is 0 Å². The van der Waals surface area contributed by atoms with Crippen LogP contribution in [0.5, 0.6) is 0 Å². The fraction of sp³-hybridized carbons (Fsp3) is 0.300. The Balaban J connectivity index is 1.26. The highest BCUT2D eigenvalue weighted by molar-refractivity contribution is 7.99. The number of ether oxygens (including phenoxy) is 1. The van der Waals surface area contributed by atoms with E-state index in [4.69, 9.17) is 4.74 Å². The molecule has 10 nitrogen and oxygen atoms in total. The maximum Gasteiger partial charge on any atom is 0.249 e. The molecule has 1 N–H and O–H groups in total. The lowest BCUT2D eigenvalue weighted by molar-refractivity contribution is -0.113. The van der Waals surface area contributed by atoms with Crippen LogP contribution in [0.25, 0.3) is 16.8 Å². The van der Waals surface area contributed by atoms with Gasteiger partial charge in [0.25, 0.3) is 0 Å². The zero-order chi connectivity index (χ0) is 21.0. The van der Waals surface area contributed by atoms with Gasteiger partial charge in [0.2, 0.25) is 11.9 Å². The average molecular weight is 437 g/mol. The van der Waals surface area contributed by atoms with Crippen molar-refractivity contribution < 1.29 is 9.53 Å². The summed E-state index contributed by atoms with van der Waals surface area (Å²) in [6.07, 6.45) is 11.0. The summed E-state index contributed by atoms with van der Waals surface area (Å²) in [6.45, 7) is 1.55. The molecule has 0 bridgehead atoms. The Hall–Kier alpha value is -3.31. The van der Waals surface area contributed by atoms with Gasteiger partial charge in [-0.1, -0.05) is 11.8 Å². The molecule has 0 atom stereocenters. The molecule has 0 spiro atoms. The topological polar surface area (TPSA) is 112 Å². The van der Waals surface area contributed by atoms with Gasteiger partial charge in [-0.2, -0.15) is 10.1 Å². The fourth-order valence-corrected chi connectivity index (χ4v) is 4.00. The van der Waals surface area contributed by atoms with E-state index < -0.39 is 0 Å². The van der Waals surface area contributed by atoms with E-state index in [1.165, 1.54) is 11.8 Å². The third-order valence-corrected chi connectivity index (χ3v) is 5.83. The molecule has 4 aromatic rings. The number of amides is 1. The zero-order valence-electron chi connectivity index (χ0n) is 16.6. The molecule has 31 heavy (non-hydrogen) atoms. The molecule has 0 saturated carbocycles. The number of thioether (sulfide) groups is 1. The molecule has 158 valence electrons. The number of hydrogen-bond acceptors (Lipinski definition) is 8.